The van der Waals surface area contributed by atoms with E-state index in [1.54, 1.807) is 12.5 Å². The Hall–Kier alpha value is -1.90. The van der Waals surface area contributed by atoms with Gasteiger partial charge in [-0.05, 0) is 42.6 Å². The minimum atomic E-state index is -0.922. The summed E-state index contributed by atoms with van der Waals surface area (Å²) in [5, 5.41) is 22.6. The van der Waals surface area contributed by atoms with E-state index in [4.69, 9.17) is 18.6 Å². The van der Waals surface area contributed by atoms with Crippen LogP contribution in [0.5, 0.6) is 0 Å². The second-order valence-electron chi connectivity index (χ2n) is 13.2. The third-order valence-corrected chi connectivity index (χ3v) is 11.7. The molecule has 2 saturated heterocycles. The van der Waals surface area contributed by atoms with Crippen molar-refractivity contribution in [3.05, 3.63) is 24.2 Å². The van der Waals surface area contributed by atoms with Crippen LogP contribution < -0.4 is 0 Å². The van der Waals surface area contributed by atoms with Crippen LogP contribution in [0.4, 0.5) is 0 Å². The van der Waals surface area contributed by atoms with E-state index in [9.17, 15) is 19.8 Å². The van der Waals surface area contributed by atoms with Crippen molar-refractivity contribution < 1.29 is 38.4 Å². The van der Waals surface area contributed by atoms with Gasteiger partial charge < -0.3 is 28.8 Å². The van der Waals surface area contributed by atoms with Crippen LogP contribution in [0, 0.1) is 33.5 Å². The average Bonchev–Trinajstić information content (AvgIpc) is 3.36. The van der Waals surface area contributed by atoms with Crippen LogP contribution in [0.1, 0.15) is 78.9 Å². The smallest absolute Gasteiger partial charge is 0.339 e. The first kappa shape index (κ1) is 24.4. The number of carbonyl (C=O) groups excluding carboxylic acids is 2. The first-order chi connectivity index (χ1) is 16.8. The van der Waals surface area contributed by atoms with Crippen molar-refractivity contribution in [2.24, 2.45) is 33.5 Å². The molecule has 5 aliphatic rings. The molecule has 5 fully saturated rings. The molecule has 0 bridgehead atoms. The lowest BCUT2D eigenvalue weighted by Crippen LogP contribution is -2.75. The maximum Gasteiger partial charge on any atom is 0.339 e. The summed E-state index contributed by atoms with van der Waals surface area (Å²) in [7, 11) is 0. The topological polar surface area (TPSA) is 119 Å². The van der Waals surface area contributed by atoms with E-state index in [0.717, 1.165) is 12.0 Å². The van der Waals surface area contributed by atoms with Gasteiger partial charge in [-0.25, -0.2) is 4.79 Å². The van der Waals surface area contributed by atoms with E-state index in [1.165, 1.54) is 6.92 Å². The van der Waals surface area contributed by atoms with Gasteiger partial charge in [0.15, 0.2) is 6.10 Å². The highest BCUT2D eigenvalue weighted by molar-refractivity contribution is 5.82. The number of furan rings is 1. The Balaban J connectivity index is 1.55. The lowest BCUT2D eigenvalue weighted by atomic mass is 9.34. The Kier molecular flexibility index (Phi) is 4.85. The summed E-state index contributed by atoms with van der Waals surface area (Å²) < 4.78 is 24.0. The largest absolute Gasteiger partial charge is 0.472 e. The monoisotopic (exact) mass is 502 g/mol. The van der Waals surface area contributed by atoms with Crippen LogP contribution in [-0.4, -0.2) is 52.2 Å². The van der Waals surface area contributed by atoms with E-state index in [0.29, 0.717) is 19.3 Å². The minimum Gasteiger partial charge on any atom is -0.472 e. The van der Waals surface area contributed by atoms with E-state index in [2.05, 4.69) is 34.6 Å². The quantitative estimate of drug-likeness (QED) is 0.466. The molecular weight excluding hydrogens is 464 g/mol. The predicted octanol–water partition coefficient (Wildman–Crippen LogP) is 3.55. The first-order valence-electron chi connectivity index (χ1n) is 13.2. The fourth-order valence-electron chi connectivity index (χ4n) is 9.83. The second-order valence-corrected chi connectivity index (χ2v) is 13.2. The lowest BCUT2D eigenvalue weighted by molar-refractivity contribution is -0.295. The number of aliphatic hydroxyl groups excluding tert-OH is 2. The number of rotatable bonds is 2. The Morgan fingerprint density at radius 3 is 2.42 bits per heavy atom. The standard InChI is InChI=1S/C28H38O8/c1-14(29)34-20-11-17-24(2,3)18(30)12-19(31)26(17,5)16-7-9-25(4)21(15-8-10-33-13-15)35-23(32)22-28(25,36-22)27(16,20)6/h8,10,13,16-22,30-31H,7,9,11-12H2,1-6H3/t16-,17+,18-,19+,20-,21+,22-,25+,26-,27+,28-/m1/s1. The second kappa shape index (κ2) is 7.14. The van der Waals surface area contributed by atoms with Gasteiger partial charge in [-0.15, -0.1) is 0 Å². The van der Waals surface area contributed by atoms with E-state index in [-0.39, 0.29) is 17.8 Å². The van der Waals surface area contributed by atoms with Crippen molar-refractivity contribution in [2.45, 2.75) is 103 Å². The number of ether oxygens (including phenoxy) is 3. The molecule has 3 saturated carbocycles. The van der Waals surface area contributed by atoms with E-state index < -0.39 is 63.8 Å². The number of aliphatic hydroxyl groups is 2. The Morgan fingerprint density at radius 2 is 1.78 bits per heavy atom. The summed E-state index contributed by atoms with van der Waals surface area (Å²) >= 11 is 0. The van der Waals surface area contributed by atoms with Gasteiger partial charge in [0.25, 0.3) is 0 Å². The third-order valence-electron chi connectivity index (χ3n) is 11.7. The molecule has 2 N–H and O–H groups in total. The molecular formula is C28H38O8. The molecule has 3 heterocycles. The lowest BCUT2D eigenvalue weighted by Gasteiger charge is -2.71. The fourth-order valence-corrected chi connectivity index (χ4v) is 9.83. The maximum absolute atomic E-state index is 13.3. The molecule has 0 amide bonds. The van der Waals surface area contributed by atoms with Gasteiger partial charge in [-0.2, -0.15) is 0 Å². The molecule has 0 radical (unpaired) electrons. The van der Waals surface area contributed by atoms with Crippen molar-refractivity contribution in [1.29, 1.82) is 0 Å². The average molecular weight is 503 g/mol. The number of carbonyl (C=O) groups is 2. The van der Waals surface area contributed by atoms with Crippen molar-refractivity contribution in [3.8, 4) is 0 Å². The predicted molar refractivity (Wildman–Crippen MR) is 126 cm³/mol. The van der Waals surface area contributed by atoms with Gasteiger partial charge in [-0.1, -0.05) is 34.6 Å². The van der Waals surface area contributed by atoms with Crippen molar-refractivity contribution >= 4 is 11.9 Å². The zero-order valence-electron chi connectivity index (χ0n) is 21.9. The first-order valence-corrected chi connectivity index (χ1v) is 13.2. The molecule has 198 valence electrons. The van der Waals surface area contributed by atoms with Gasteiger partial charge in [0.2, 0.25) is 0 Å². The van der Waals surface area contributed by atoms with E-state index >= 15 is 0 Å². The SMILES string of the molecule is CC(=O)O[C@@H]1C[C@H]2C(C)(C)[C@H](O)C[C@H](O)[C@]2(C)[C@H]2CC[C@@]3(C)[C@H](c4ccoc4)OC(=O)[C@H]4O[C@]43[C@@]21C. The molecule has 2 aliphatic heterocycles. The van der Waals surface area contributed by atoms with Gasteiger partial charge in [-0.3, -0.25) is 4.79 Å². The van der Waals surface area contributed by atoms with Crippen molar-refractivity contribution in [3.63, 3.8) is 0 Å². The summed E-state index contributed by atoms with van der Waals surface area (Å²) in [6.45, 7) is 11.9. The minimum absolute atomic E-state index is 0.0932. The molecule has 11 atom stereocenters. The van der Waals surface area contributed by atoms with Gasteiger partial charge in [0, 0.05) is 35.2 Å². The van der Waals surface area contributed by atoms with Gasteiger partial charge >= 0.3 is 11.9 Å². The summed E-state index contributed by atoms with van der Waals surface area (Å²) in [5.74, 6) is -0.994. The van der Waals surface area contributed by atoms with Crippen LogP contribution in [0.25, 0.3) is 0 Å². The molecule has 8 nitrogen and oxygen atoms in total. The van der Waals surface area contributed by atoms with Gasteiger partial charge in [0.05, 0.1) is 24.7 Å². The van der Waals surface area contributed by atoms with Gasteiger partial charge in [0.1, 0.15) is 17.8 Å². The maximum atomic E-state index is 13.3. The normalized spacial score (nSPS) is 52.7. The molecule has 1 spiro atoms. The molecule has 0 aromatic carbocycles. The molecule has 0 unspecified atom stereocenters. The Morgan fingerprint density at radius 1 is 1.06 bits per heavy atom. The molecule has 1 aromatic heterocycles. The van der Waals surface area contributed by atoms with Crippen LogP contribution >= 0.6 is 0 Å². The molecule has 3 aliphatic carbocycles. The molecule has 1 aromatic rings. The number of hydrogen-bond acceptors (Lipinski definition) is 8. The Bertz CT molecular complexity index is 1100. The number of esters is 2. The number of epoxide rings is 1. The third kappa shape index (κ3) is 2.56. The van der Waals surface area contributed by atoms with Crippen molar-refractivity contribution in [2.75, 3.05) is 0 Å². The number of hydrogen-bond donors (Lipinski definition) is 2. The van der Waals surface area contributed by atoms with Crippen LogP contribution in [0.2, 0.25) is 0 Å². The summed E-state index contributed by atoms with van der Waals surface area (Å²) in [5.41, 5.74) is -2.53. The summed E-state index contributed by atoms with van der Waals surface area (Å²) in [6.07, 6.45) is 2.15. The van der Waals surface area contributed by atoms with Crippen LogP contribution in [0.3, 0.4) is 0 Å². The molecule has 6 rings (SSSR count). The number of fused-ring (bicyclic) bond motifs is 3. The Labute approximate surface area is 211 Å². The zero-order chi connectivity index (χ0) is 26.1. The molecule has 36 heavy (non-hydrogen) atoms. The summed E-state index contributed by atoms with van der Waals surface area (Å²) in [6, 6.07) is 1.82. The van der Waals surface area contributed by atoms with Crippen LogP contribution in [0.15, 0.2) is 23.0 Å². The zero-order valence-corrected chi connectivity index (χ0v) is 21.9. The van der Waals surface area contributed by atoms with Crippen LogP contribution in [-0.2, 0) is 23.8 Å². The highest BCUT2D eigenvalue weighted by Crippen LogP contribution is 2.80. The fraction of sp³-hybridized carbons (Fsp3) is 0.786. The summed E-state index contributed by atoms with van der Waals surface area (Å²) in [4.78, 5) is 25.7. The highest BCUT2D eigenvalue weighted by atomic mass is 16.7. The molecule has 8 heteroatoms. The van der Waals surface area contributed by atoms with Crippen molar-refractivity contribution in [1.82, 2.24) is 0 Å². The van der Waals surface area contributed by atoms with E-state index in [1.807, 2.05) is 6.07 Å². The highest BCUT2D eigenvalue weighted by Gasteiger charge is 2.89. The number of cyclic esters (lactones) is 1.